The first kappa shape index (κ1) is 11.5. The number of H-pyrrole nitrogens is 1. The molecule has 0 bridgehead atoms. The lowest BCUT2D eigenvalue weighted by atomic mass is 10.2. The van der Waals surface area contributed by atoms with Crippen LogP contribution in [0.25, 0.3) is 0 Å². The Labute approximate surface area is 89.8 Å². The van der Waals surface area contributed by atoms with Crippen LogP contribution in [0.5, 0.6) is 0 Å². The molecule has 0 fully saturated rings. The zero-order valence-corrected chi connectivity index (χ0v) is 9.64. The topological polar surface area (TPSA) is 57.8 Å². The molecule has 0 atom stereocenters. The molecule has 4 nitrogen and oxygen atoms in total. The van der Waals surface area contributed by atoms with Crippen LogP contribution < -0.4 is 5.32 Å². The van der Waals surface area contributed by atoms with E-state index in [0.29, 0.717) is 12.1 Å². The molecule has 4 heteroatoms. The van der Waals surface area contributed by atoms with E-state index in [-0.39, 0.29) is 5.91 Å². The maximum absolute atomic E-state index is 11.7. The van der Waals surface area contributed by atoms with Crippen LogP contribution >= 0.6 is 0 Å². The van der Waals surface area contributed by atoms with Gasteiger partial charge >= 0.3 is 0 Å². The molecule has 0 saturated carbocycles. The average Bonchev–Trinajstić information content (AvgIpc) is 2.45. The molecule has 15 heavy (non-hydrogen) atoms. The van der Waals surface area contributed by atoms with Gasteiger partial charge in [-0.05, 0) is 27.7 Å². The van der Waals surface area contributed by atoms with E-state index in [2.05, 4.69) is 15.5 Å². The molecule has 0 aromatic carbocycles. The van der Waals surface area contributed by atoms with E-state index in [4.69, 9.17) is 0 Å². The summed E-state index contributed by atoms with van der Waals surface area (Å²) in [5.41, 5.74) is 3.39. The highest BCUT2D eigenvalue weighted by Crippen LogP contribution is 2.08. The highest BCUT2D eigenvalue weighted by molar-refractivity contribution is 5.96. The van der Waals surface area contributed by atoms with Crippen molar-refractivity contribution in [2.75, 3.05) is 6.54 Å². The molecule has 0 spiro atoms. The molecule has 0 aliphatic rings. The lowest BCUT2D eigenvalue weighted by molar-refractivity contribution is 0.0957. The molecule has 1 rings (SSSR count). The molecule has 1 heterocycles. The van der Waals surface area contributed by atoms with Gasteiger partial charge < -0.3 is 5.32 Å². The van der Waals surface area contributed by atoms with Crippen molar-refractivity contribution in [3.63, 3.8) is 0 Å². The number of nitrogens with one attached hydrogen (secondary N) is 2. The molecule has 1 amide bonds. The number of aryl methyl sites for hydroxylation is 2. The fraction of sp³-hybridized carbons (Fsp3) is 0.455. The van der Waals surface area contributed by atoms with E-state index in [1.807, 2.05) is 33.8 Å². The molecule has 1 aromatic heterocycles. The van der Waals surface area contributed by atoms with E-state index in [1.54, 1.807) is 0 Å². The maximum Gasteiger partial charge on any atom is 0.255 e. The summed E-state index contributed by atoms with van der Waals surface area (Å²) in [6.45, 7) is 8.22. The zero-order chi connectivity index (χ0) is 11.4. The van der Waals surface area contributed by atoms with Crippen LogP contribution in [0, 0.1) is 13.8 Å². The molecule has 0 aliphatic carbocycles. The maximum atomic E-state index is 11.7. The molecule has 2 N–H and O–H groups in total. The Bertz CT molecular complexity index is 367. The van der Waals surface area contributed by atoms with Gasteiger partial charge in [-0.25, -0.2) is 0 Å². The minimum absolute atomic E-state index is 0.0729. The summed E-state index contributed by atoms with van der Waals surface area (Å²) in [5, 5.41) is 9.59. The minimum Gasteiger partial charge on any atom is -0.348 e. The van der Waals surface area contributed by atoms with Crippen molar-refractivity contribution in [2.45, 2.75) is 27.7 Å². The largest absolute Gasteiger partial charge is 0.348 e. The first-order chi connectivity index (χ1) is 7.02. The smallest absolute Gasteiger partial charge is 0.255 e. The summed E-state index contributed by atoms with van der Waals surface area (Å²) < 4.78 is 0. The number of amides is 1. The zero-order valence-electron chi connectivity index (χ0n) is 9.64. The lowest BCUT2D eigenvalue weighted by Gasteiger charge is -2.02. The highest BCUT2D eigenvalue weighted by atomic mass is 16.1. The van der Waals surface area contributed by atoms with Gasteiger partial charge in [-0.1, -0.05) is 11.6 Å². The van der Waals surface area contributed by atoms with Gasteiger partial charge in [0.15, 0.2) is 0 Å². The first-order valence-electron chi connectivity index (χ1n) is 4.95. The molecule has 0 aliphatic heterocycles. The number of aromatic amines is 1. The average molecular weight is 207 g/mol. The summed E-state index contributed by atoms with van der Waals surface area (Å²) in [7, 11) is 0. The van der Waals surface area contributed by atoms with Gasteiger partial charge in [0, 0.05) is 12.2 Å². The van der Waals surface area contributed by atoms with Gasteiger partial charge in [0.2, 0.25) is 0 Å². The van der Waals surface area contributed by atoms with Gasteiger partial charge in [0.1, 0.15) is 0 Å². The van der Waals surface area contributed by atoms with Gasteiger partial charge in [-0.3, -0.25) is 9.89 Å². The summed E-state index contributed by atoms with van der Waals surface area (Å²) in [6, 6.07) is 0. The molecule has 1 aromatic rings. The van der Waals surface area contributed by atoms with Crippen LogP contribution in [-0.4, -0.2) is 22.6 Å². The third-order valence-corrected chi connectivity index (χ3v) is 2.13. The number of hydrogen-bond acceptors (Lipinski definition) is 2. The van der Waals surface area contributed by atoms with Gasteiger partial charge in [-0.2, -0.15) is 5.10 Å². The fourth-order valence-corrected chi connectivity index (χ4v) is 1.32. The van der Waals surface area contributed by atoms with Crippen molar-refractivity contribution in [3.8, 4) is 0 Å². The Morgan fingerprint density at radius 2 is 2.13 bits per heavy atom. The van der Waals surface area contributed by atoms with E-state index in [0.717, 1.165) is 11.4 Å². The molecule has 0 saturated heterocycles. The Balaban J connectivity index is 2.66. The van der Waals surface area contributed by atoms with Crippen molar-refractivity contribution in [2.24, 2.45) is 0 Å². The number of rotatable bonds is 3. The van der Waals surface area contributed by atoms with Crippen LogP contribution in [0.15, 0.2) is 11.6 Å². The van der Waals surface area contributed by atoms with Crippen molar-refractivity contribution < 1.29 is 4.79 Å². The van der Waals surface area contributed by atoms with Crippen LogP contribution in [0.4, 0.5) is 0 Å². The SMILES string of the molecule is CC(C)=CCNC(=O)c1c(C)n[nH]c1C. The Hall–Kier alpha value is -1.58. The van der Waals surface area contributed by atoms with E-state index in [9.17, 15) is 4.79 Å². The second-order valence-electron chi connectivity index (χ2n) is 3.80. The second-order valence-corrected chi connectivity index (χ2v) is 3.80. The van der Waals surface area contributed by atoms with Crippen molar-refractivity contribution in [1.82, 2.24) is 15.5 Å². The third-order valence-electron chi connectivity index (χ3n) is 2.13. The monoisotopic (exact) mass is 207 g/mol. The fourth-order valence-electron chi connectivity index (χ4n) is 1.32. The first-order valence-corrected chi connectivity index (χ1v) is 4.95. The molecular formula is C11H17N3O. The summed E-state index contributed by atoms with van der Waals surface area (Å²) in [5.74, 6) is -0.0729. The summed E-state index contributed by atoms with van der Waals surface area (Å²) in [6.07, 6.45) is 1.97. The Morgan fingerprint density at radius 1 is 1.47 bits per heavy atom. The van der Waals surface area contributed by atoms with Crippen molar-refractivity contribution in [1.29, 1.82) is 0 Å². The number of carbonyl (C=O) groups excluding carboxylic acids is 1. The number of allylic oxidation sites excluding steroid dienone is 1. The molecular weight excluding hydrogens is 190 g/mol. The summed E-state index contributed by atoms with van der Waals surface area (Å²) >= 11 is 0. The van der Waals surface area contributed by atoms with Crippen molar-refractivity contribution >= 4 is 5.91 Å². The van der Waals surface area contributed by atoms with Crippen LogP contribution in [0.3, 0.4) is 0 Å². The minimum atomic E-state index is -0.0729. The van der Waals surface area contributed by atoms with Crippen molar-refractivity contribution in [3.05, 3.63) is 28.6 Å². The molecule has 0 radical (unpaired) electrons. The normalized spacial score (nSPS) is 9.87. The highest BCUT2D eigenvalue weighted by Gasteiger charge is 2.13. The van der Waals surface area contributed by atoms with E-state index in [1.165, 1.54) is 5.57 Å². The van der Waals surface area contributed by atoms with Crippen LogP contribution in [0.2, 0.25) is 0 Å². The van der Waals surface area contributed by atoms with Gasteiger partial charge in [-0.15, -0.1) is 0 Å². The van der Waals surface area contributed by atoms with E-state index < -0.39 is 0 Å². The number of carbonyl (C=O) groups is 1. The number of aromatic nitrogens is 2. The van der Waals surface area contributed by atoms with Gasteiger partial charge in [0.25, 0.3) is 5.91 Å². The predicted octanol–water partition coefficient (Wildman–Crippen LogP) is 1.72. The quantitative estimate of drug-likeness (QED) is 0.741. The Morgan fingerprint density at radius 3 is 2.60 bits per heavy atom. The standard InChI is InChI=1S/C11H17N3O/c1-7(2)5-6-12-11(15)10-8(3)13-14-9(10)4/h5H,6H2,1-4H3,(H,12,15)(H,13,14). The third kappa shape index (κ3) is 2.94. The predicted molar refractivity (Wildman–Crippen MR) is 59.8 cm³/mol. The van der Waals surface area contributed by atoms with E-state index >= 15 is 0 Å². The number of nitrogens with zero attached hydrogens (tertiary/aromatic N) is 1. The second kappa shape index (κ2) is 4.77. The van der Waals surface area contributed by atoms with Crippen LogP contribution in [0.1, 0.15) is 35.6 Å². The lowest BCUT2D eigenvalue weighted by Crippen LogP contribution is -2.24. The van der Waals surface area contributed by atoms with Crippen LogP contribution in [-0.2, 0) is 0 Å². The molecule has 82 valence electrons. The Kier molecular flexibility index (Phi) is 3.66. The number of hydrogen-bond donors (Lipinski definition) is 2. The van der Waals surface area contributed by atoms with Gasteiger partial charge in [0.05, 0.1) is 11.3 Å². The summed E-state index contributed by atoms with van der Waals surface area (Å²) in [4.78, 5) is 11.7. The molecule has 0 unspecified atom stereocenters.